The molecule has 4 heteroatoms. The highest BCUT2D eigenvalue weighted by atomic mass is 32.1. The minimum Gasteiger partial charge on any atom is -0.311 e. The van der Waals surface area contributed by atoms with Gasteiger partial charge in [-0.25, -0.2) is 0 Å². The van der Waals surface area contributed by atoms with Crippen LogP contribution >= 0.6 is 11.3 Å². The molecule has 9 aromatic carbocycles. The zero-order valence-electron chi connectivity index (χ0n) is 44.3. The smallest absolute Gasteiger partial charge is 0.264 e. The first kappa shape index (κ1) is 45.2. The fourth-order valence-electron chi connectivity index (χ4n) is 13.7. The number of rotatable bonds is 4. The molecule has 0 saturated heterocycles. The molecule has 360 valence electrons. The van der Waals surface area contributed by atoms with E-state index in [4.69, 9.17) is 0 Å². The van der Waals surface area contributed by atoms with Crippen LogP contribution in [-0.4, -0.2) is 6.71 Å². The third kappa shape index (κ3) is 6.24. The van der Waals surface area contributed by atoms with E-state index in [0.29, 0.717) is 5.92 Å². The highest BCUT2D eigenvalue weighted by molar-refractivity contribution is 7.33. The molecular formula is C70H61BN2S. The molecule has 3 heterocycles. The molecule has 14 rings (SSSR count). The Balaban J connectivity index is 1.09. The lowest BCUT2D eigenvalue weighted by Gasteiger charge is -2.43. The monoisotopic (exact) mass is 972 g/mol. The molecule has 4 aliphatic rings. The number of hydrogen-bond donors (Lipinski definition) is 0. The molecule has 0 radical (unpaired) electrons. The predicted octanol–water partition coefficient (Wildman–Crippen LogP) is 17.3. The van der Waals surface area contributed by atoms with Crippen LogP contribution in [0.1, 0.15) is 111 Å². The number of thiophene rings is 1. The SMILES string of the molecule is Cc1ccc(N2c3cc(C)cc4c3B(c3ccc(-c5c(C(C)(C)C)cccc5C(C)(C)C)cc3N4c3ccccc3)c3sc4cc5c(cc4c32)-c2ccc(C(C)C)cc2C52c3ccccc3-c3ccccc32)cc1. The first-order valence-corrected chi connectivity index (χ1v) is 27.5. The number of aryl methyl sites for hydroxylation is 2. The van der Waals surface area contributed by atoms with Gasteiger partial charge in [0.15, 0.2) is 0 Å². The number of para-hydroxylation sites is 1. The van der Waals surface area contributed by atoms with Gasteiger partial charge in [-0.2, -0.15) is 0 Å². The first-order valence-electron chi connectivity index (χ1n) is 26.7. The van der Waals surface area contributed by atoms with Crippen molar-refractivity contribution in [3.05, 3.63) is 232 Å². The molecule has 0 atom stereocenters. The molecule has 74 heavy (non-hydrogen) atoms. The maximum absolute atomic E-state index is 2.63. The van der Waals surface area contributed by atoms with Crippen LogP contribution in [0.5, 0.6) is 0 Å². The molecule has 1 aromatic heterocycles. The van der Waals surface area contributed by atoms with Crippen LogP contribution in [0.25, 0.3) is 43.5 Å². The number of fused-ring (bicyclic) bond motifs is 16. The molecule has 0 bridgehead atoms. The summed E-state index contributed by atoms with van der Waals surface area (Å²) in [6.07, 6.45) is 0. The maximum atomic E-state index is 2.63. The highest BCUT2D eigenvalue weighted by Gasteiger charge is 2.53. The summed E-state index contributed by atoms with van der Waals surface area (Å²) in [6, 6.07) is 70.9. The van der Waals surface area contributed by atoms with Crippen LogP contribution in [-0.2, 0) is 16.2 Å². The standard InChI is InChI=1S/C70H61BN2S/c1-41(2)44-29-33-50-51-39-52-63(40-58(51)70(57(50)37-44)53-23-16-14-21-48(53)49-22-15-17-24-54(49)70)74-67-66(52)73(47-31-27-42(3)28-32-47)62-36-43(4)35-61-65(62)71(67)59-34-30-45(38-60(59)72(61)46-19-12-11-13-20-46)64-55(68(5,6)7)25-18-26-56(64)69(8,9)10/h11-41H,1-10H3. The highest BCUT2D eigenvalue weighted by Crippen LogP contribution is 2.64. The summed E-state index contributed by atoms with van der Waals surface area (Å²) in [4.78, 5) is 5.21. The van der Waals surface area contributed by atoms with Crippen LogP contribution in [0.2, 0.25) is 0 Å². The molecule has 10 aromatic rings. The van der Waals surface area contributed by atoms with Gasteiger partial charge in [-0.05, 0) is 174 Å². The van der Waals surface area contributed by atoms with Crippen LogP contribution in [0, 0.1) is 13.8 Å². The van der Waals surface area contributed by atoms with Gasteiger partial charge in [0.05, 0.1) is 11.1 Å². The summed E-state index contributed by atoms with van der Waals surface area (Å²) in [5, 5.41) is 1.31. The second-order valence-corrected chi connectivity index (χ2v) is 25.1. The van der Waals surface area contributed by atoms with E-state index in [0.717, 1.165) is 0 Å². The molecule has 0 fully saturated rings. The van der Waals surface area contributed by atoms with E-state index >= 15 is 0 Å². The fourth-order valence-corrected chi connectivity index (χ4v) is 15.0. The first-order chi connectivity index (χ1) is 35.6. The van der Waals surface area contributed by atoms with E-state index in [2.05, 4.69) is 261 Å². The molecule has 0 amide bonds. The summed E-state index contributed by atoms with van der Waals surface area (Å²) in [5.74, 6) is 0.404. The Hall–Kier alpha value is -7.40. The van der Waals surface area contributed by atoms with Gasteiger partial charge >= 0.3 is 0 Å². The third-order valence-electron chi connectivity index (χ3n) is 17.0. The Morgan fingerprint density at radius 2 is 1.08 bits per heavy atom. The lowest BCUT2D eigenvalue weighted by atomic mass is 9.36. The van der Waals surface area contributed by atoms with E-state index in [1.54, 1.807) is 0 Å². The Kier molecular flexibility index (Phi) is 9.66. The van der Waals surface area contributed by atoms with Gasteiger partial charge < -0.3 is 9.80 Å². The molecule has 0 N–H and O–H groups in total. The Bertz CT molecular complexity index is 3910. The van der Waals surface area contributed by atoms with Crippen LogP contribution < -0.4 is 25.5 Å². The van der Waals surface area contributed by atoms with Gasteiger partial charge in [-0.1, -0.05) is 188 Å². The predicted molar refractivity (Wildman–Crippen MR) is 319 cm³/mol. The van der Waals surface area contributed by atoms with Crippen molar-refractivity contribution in [2.45, 2.75) is 91.4 Å². The zero-order chi connectivity index (χ0) is 50.7. The minimum absolute atomic E-state index is 0.00345. The average molecular weight is 973 g/mol. The topological polar surface area (TPSA) is 6.48 Å². The Labute approximate surface area is 442 Å². The summed E-state index contributed by atoms with van der Waals surface area (Å²) in [6.45, 7) is 23.3. The zero-order valence-corrected chi connectivity index (χ0v) is 45.1. The van der Waals surface area contributed by atoms with E-state index < -0.39 is 5.41 Å². The maximum Gasteiger partial charge on any atom is 0.264 e. The Morgan fingerprint density at radius 1 is 0.486 bits per heavy atom. The van der Waals surface area contributed by atoms with Crippen LogP contribution in [0.3, 0.4) is 0 Å². The summed E-state index contributed by atoms with van der Waals surface area (Å²) in [7, 11) is 0. The van der Waals surface area contributed by atoms with Crippen molar-refractivity contribution in [1.29, 1.82) is 0 Å². The fraction of sp³-hybridized carbons (Fsp3) is 0.200. The molecule has 2 aliphatic carbocycles. The average Bonchev–Trinajstić information content (AvgIpc) is 4.02. The normalized spacial score (nSPS) is 14.5. The van der Waals surface area contributed by atoms with Crippen molar-refractivity contribution in [3.8, 4) is 33.4 Å². The second kappa shape index (κ2) is 15.8. The number of hydrogen-bond acceptors (Lipinski definition) is 3. The number of benzene rings is 9. The minimum atomic E-state index is -0.440. The molecule has 1 spiro atoms. The molecular weight excluding hydrogens is 912 g/mol. The van der Waals surface area contributed by atoms with Crippen LogP contribution in [0.15, 0.2) is 182 Å². The van der Waals surface area contributed by atoms with Crippen molar-refractivity contribution in [1.82, 2.24) is 0 Å². The van der Waals surface area contributed by atoms with Gasteiger partial charge in [0.1, 0.15) is 0 Å². The number of nitrogens with zero attached hydrogens (tertiary/aromatic N) is 2. The van der Waals surface area contributed by atoms with E-state index in [1.165, 1.54) is 143 Å². The van der Waals surface area contributed by atoms with Gasteiger partial charge in [0.25, 0.3) is 6.71 Å². The summed E-state index contributed by atoms with van der Waals surface area (Å²) < 4.78 is 2.72. The lowest BCUT2D eigenvalue weighted by Crippen LogP contribution is -2.60. The van der Waals surface area contributed by atoms with Gasteiger partial charge in [-0.15, -0.1) is 11.3 Å². The van der Waals surface area contributed by atoms with Crippen molar-refractivity contribution in [2.75, 3.05) is 9.80 Å². The quantitative estimate of drug-likeness (QED) is 0.162. The lowest BCUT2D eigenvalue weighted by molar-refractivity contribution is 0.572. The van der Waals surface area contributed by atoms with Crippen molar-refractivity contribution < 1.29 is 0 Å². The molecule has 2 aliphatic heterocycles. The van der Waals surface area contributed by atoms with E-state index in [-0.39, 0.29) is 17.5 Å². The summed E-state index contributed by atoms with van der Waals surface area (Å²) in [5.41, 5.74) is 29.7. The van der Waals surface area contributed by atoms with Gasteiger partial charge in [0.2, 0.25) is 0 Å². The second-order valence-electron chi connectivity index (χ2n) is 24.0. The van der Waals surface area contributed by atoms with Gasteiger partial charge in [0, 0.05) is 43.3 Å². The van der Waals surface area contributed by atoms with Crippen molar-refractivity contribution in [2.24, 2.45) is 0 Å². The Morgan fingerprint density at radius 3 is 1.73 bits per heavy atom. The summed E-state index contributed by atoms with van der Waals surface area (Å²) >= 11 is 2.01. The number of anilines is 6. The van der Waals surface area contributed by atoms with Crippen molar-refractivity contribution in [3.63, 3.8) is 0 Å². The molecule has 2 nitrogen and oxygen atoms in total. The molecule has 0 saturated carbocycles. The largest absolute Gasteiger partial charge is 0.311 e. The van der Waals surface area contributed by atoms with Crippen molar-refractivity contribution >= 4 is 78.0 Å². The van der Waals surface area contributed by atoms with Crippen LogP contribution in [0.4, 0.5) is 34.1 Å². The van der Waals surface area contributed by atoms with E-state index in [9.17, 15) is 0 Å². The third-order valence-corrected chi connectivity index (χ3v) is 18.2. The van der Waals surface area contributed by atoms with E-state index in [1.807, 2.05) is 11.3 Å². The van der Waals surface area contributed by atoms with Gasteiger partial charge in [-0.3, -0.25) is 0 Å². The molecule has 0 unspecified atom stereocenters.